The summed E-state index contributed by atoms with van der Waals surface area (Å²) in [6.45, 7) is 4.82. The number of H-pyrrole nitrogens is 1. The number of piperazine rings is 1. The number of hydrogen-bond donors (Lipinski definition) is 5. The van der Waals surface area contributed by atoms with Crippen LogP contribution in [0.25, 0.3) is 10.9 Å². The van der Waals surface area contributed by atoms with E-state index in [4.69, 9.17) is 21.4 Å². The lowest BCUT2D eigenvalue weighted by molar-refractivity contribution is -1.01. The summed E-state index contributed by atoms with van der Waals surface area (Å²) in [6, 6.07) is 5.27. The van der Waals surface area contributed by atoms with E-state index in [2.05, 4.69) is 10.3 Å². The van der Waals surface area contributed by atoms with E-state index < -0.39 is 5.97 Å². The smallest absolute Gasteiger partial charge is 0.356 e. The van der Waals surface area contributed by atoms with Crippen molar-refractivity contribution in [2.45, 2.75) is 0 Å². The third kappa shape index (κ3) is 4.41. The minimum Gasteiger partial charge on any atom is -0.464 e. The predicted octanol–water partition coefficient (Wildman–Crippen LogP) is -1.68. The number of methoxy groups -OCH3 is 1. The fourth-order valence-corrected chi connectivity index (χ4v) is 3.81. The highest BCUT2D eigenvalue weighted by Crippen LogP contribution is 2.33. The SMILES string of the molecule is COC(=O)c1[nH]c2cccc(Cl)c2c1NC(=O)C[NH+]1CC[NH+](CCO)CC1. The van der Waals surface area contributed by atoms with Gasteiger partial charge in [0.2, 0.25) is 0 Å². The number of esters is 1. The van der Waals surface area contributed by atoms with E-state index in [1.165, 1.54) is 16.9 Å². The first kappa shape index (κ1) is 19.6. The molecule has 2 heterocycles. The fourth-order valence-electron chi connectivity index (χ4n) is 3.54. The van der Waals surface area contributed by atoms with Gasteiger partial charge in [-0.3, -0.25) is 4.79 Å². The van der Waals surface area contributed by atoms with Gasteiger partial charge in [-0.15, -0.1) is 0 Å². The van der Waals surface area contributed by atoms with Gasteiger partial charge in [-0.2, -0.15) is 0 Å². The number of carbonyl (C=O) groups excluding carboxylic acids is 2. The number of nitrogens with one attached hydrogen (secondary N) is 4. The van der Waals surface area contributed by atoms with E-state index in [1.807, 2.05) is 0 Å². The Balaban J connectivity index is 1.74. The zero-order valence-corrected chi connectivity index (χ0v) is 16.0. The molecule has 8 nitrogen and oxygen atoms in total. The van der Waals surface area contributed by atoms with Crippen LogP contribution in [0, 0.1) is 0 Å². The maximum Gasteiger partial charge on any atom is 0.356 e. The summed E-state index contributed by atoms with van der Waals surface area (Å²) < 4.78 is 4.82. The number of aromatic nitrogens is 1. The molecular formula is C18H25ClN4O4+2. The third-order valence-electron chi connectivity index (χ3n) is 4.97. The summed E-state index contributed by atoms with van der Waals surface area (Å²) in [4.78, 5) is 30.2. The largest absolute Gasteiger partial charge is 0.464 e. The Morgan fingerprint density at radius 1 is 1.26 bits per heavy atom. The van der Waals surface area contributed by atoms with Gasteiger partial charge in [-0.05, 0) is 12.1 Å². The lowest BCUT2D eigenvalue weighted by Crippen LogP contribution is -3.28. The zero-order chi connectivity index (χ0) is 19.4. The van der Waals surface area contributed by atoms with Crippen molar-refractivity contribution in [3.05, 3.63) is 28.9 Å². The van der Waals surface area contributed by atoms with Gasteiger partial charge in [0.15, 0.2) is 6.54 Å². The molecule has 9 heteroatoms. The van der Waals surface area contributed by atoms with Gasteiger partial charge in [0.25, 0.3) is 5.91 Å². The van der Waals surface area contributed by atoms with Crippen molar-refractivity contribution in [3.8, 4) is 0 Å². The molecule has 1 aliphatic rings. The van der Waals surface area contributed by atoms with Crippen LogP contribution in [0.3, 0.4) is 0 Å². The third-order valence-corrected chi connectivity index (χ3v) is 5.28. The molecule has 0 aliphatic carbocycles. The molecule has 0 saturated carbocycles. The number of aliphatic hydroxyl groups is 1. The average Bonchev–Trinajstić information content (AvgIpc) is 3.02. The van der Waals surface area contributed by atoms with Crippen LogP contribution in [0.1, 0.15) is 10.5 Å². The van der Waals surface area contributed by atoms with Crippen LogP contribution in [0.2, 0.25) is 5.02 Å². The Kier molecular flexibility index (Phi) is 6.33. The molecule has 146 valence electrons. The van der Waals surface area contributed by atoms with Gasteiger partial charge >= 0.3 is 5.97 Å². The number of anilines is 1. The van der Waals surface area contributed by atoms with Crippen LogP contribution in [0.15, 0.2) is 18.2 Å². The minimum absolute atomic E-state index is 0.179. The average molecular weight is 397 g/mol. The zero-order valence-electron chi connectivity index (χ0n) is 15.2. The topological polar surface area (TPSA) is 100 Å². The number of rotatable bonds is 6. The number of benzene rings is 1. The molecule has 1 aliphatic heterocycles. The van der Waals surface area contributed by atoms with Crippen LogP contribution >= 0.6 is 11.6 Å². The highest BCUT2D eigenvalue weighted by molar-refractivity contribution is 6.37. The Hall–Kier alpha value is -2.13. The maximum atomic E-state index is 12.6. The number of aromatic amines is 1. The molecule has 1 aromatic carbocycles. The van der Waals surface area contributed by atoms with E-state index in [0.29, 0.717) is 28.2 Å². The number of amides is 1. The van der Waals surface area contributed by atoms with Gasteiger partial charge in [-0.25, -0.2) is 4.79 Å². The van der Waals surface area contributed by atoms with Crippen LogP contribution in [0.4, 0.5) is 5.69 Å². The summed E-state index contributed by atoms with van der Waals surface area (Å²) >= 11 is 6.29. The molecule has 1 fully saturated rings. The molecule has 1 aromatic heterocycles. The Bertz CT molecular complexity index is 830. The normalized spacial score (nSPS) is 19.8. The number of quaternary nitrogens is 2. The van der Waals surface area contributed by atoms with Crippen molar-refractivity contribution < 1.29 is 29.2 Å². The Labute approximate surface area is 162 Å². The Morgan fingerprint density at radius 2 is 1.96 bits per heavy atom. The molecule has 1 saturated heterocycles. The second-order valence-corrected chi connectivity index (χ2v) is 7.13. The van der Waals surface area contributed by atoms with E-state index in [-0.39, 0.29) is 18.2 Å². The number of carbonyl (C=O) groups is 2. The maximum absolute atomic E-state index is 12.6. The lowest BCUT2D eigenvalue weighted by Gasteiger charge is -2.28. The monoisotopic (exact) mass is 396 g/mol. The van der Waals surface area contributed by atoms with E-state index in [9.17, 15) is 9.59 Å². The van der Waals surface area contributed by atoms with Gasteiger partial charge in [0, 0.05) is 10.9 Å². The van der Waals surface area contributed by atoms with Gasteiger partial charge in [-0.1, -0.05) is 17.7 Å². The van der Waals surface area contributed by atoms with Crippen molar-refractivity contribution in [1.29, 1.82) is 0 Å². The summed E-state index contributed by atoms with van der Waals surface area (Å²) in [7, 11) is 1.29. The van der Waals surface area contributed by atoms with Gasteiger partial charge < -0.3 is 29.9 Å². The Morgan fingerprint density at radius 3 is 2.63 bits per heavy atom. The van der Waals surface area contributed by atoms with Gasteiger partial charge in [0.1, 0.15) is 38.4 Å². The van der Waals surface area contributed by atoms with E-state index in [1.54, 1.807) is 18.2 Å². The molecule has 3 rings (SSSR count). The van der Waals surface area contributed by atoms with Crippen molar-refractivity contribution >= 4 is 40.1 Å². The van der Waals surface area contributed by atoms with Crippen LogP contribution < -0.4 is 15.1 Å². The standard InChI is InChI=1S/C18H23ClN4O4/c1-27-18(26)17-16(15-12(19)3-2-4-13(15)20-17)21-14(25)11-23-7-5-22(6-8-23)9-10-24/h2-4,20,24H,5-11H2,1H3,(H,21,25)/p+2. The molecule has 0 unspecified atom stereocenters. The van der Waals surface area contributed by atoms with Crippen molar-refractivity contribution in [3.63, 3.8) is 0 Å². The van der Waals surface area contributed by atoms with Crippen molar-refractivity contribution in [1.82, 2.24) is 4.98 Å². The molecule has 0 spiro atoms. The molecule has 27 heavy (non-hydrogen) atoms. The molecule has 0 atom stereocenters. The second kappa shape index (κ2) is 8.71. The van der Waals surface area contributed by atoms with Crippen molar-refractivity contribution in [2.24, 2.45) is 0 Å². The number of ether oxygens (including phenoxy) is 1. The quantitative estimate of drug-likeness (QED) is 0.377. The summed E-state index contributed by atoms with van der Waals surface area (Å²) in [5.41, 5.74) is 1.20. The first-order valence-electron chi connectivity index (χ1n) is 8.99. The number of fused-ring (bicyclic) bond motifs is 1. The summed E-state index contributed by atoms with van der Waals surface area (Å²) in [6.07, 6.45) is 0. The van der Waals surface area contributed by atoms with Crippen molar-refractivity contribution in [2.75, 3.05) is 58.3 Å². The molecule has 1 amide bonds. The lowest BCUT2D eigenvalue weighted by atomic mass is 10.2. The summed E-state index contributed by atoms with van der Waals surface area (Å²) in [5, 5.41) is 12.9. The van der Waals surface area contributed by atoms with Gasteiger partial charge in [0.05, 0.1) is 24.4 Å². The first-order chi connectivity index (χ1) is 13.0. The van der Waals surface area contributed by atoms with Crippen LogP contribution in [-0.4, -0.2) is 75.0 Å². The fraction of sp³-hybridized carbons (Fsp3) is 0.444. The predicted molar refractivity (Wildman–Crippen MR) is 101 cm³/mol. The second-order valence-electron chi connectivity index (χ2n) is 6.73. The van der Waals surface area contributed by atoms with Crippen LogP contribution in [0.5, 0.6) is 0 Å². The molecule has 5 N–H and O–H groups in total. The molecular weight excluding hydrogens is 372 g/mol. The first-order valence-corrected chi connectivity index (χ1v) is 9.37. The molecule has 2 aromatic rings. The minimum atomic E-state index is -0.564. The van der Waals surface area contributed by atoms with E-state index in [0.717, 1.165) is 32.7 Å². The molecule has 0 radical (unpaired) electrons. The van der Waals surface area contributed by atoms with E-state index >= 15 is 0 Å². The highest BCUT2D eigenvalue weighted by Gasteiger charge is 2.26. The number of aliphatic hydroxyl groups excluding tert-OH is 1. The number of hydrogen-bond acceptors (Lipinski definition) is 4. The highest BCUT2D eigenvalue weighted by atomic mass is 35.5. The molecule has 0 bridgehead atoms. The van der Waals surface area contributed by atoms with Crippen LogP contribution in [-0.2, 0) is 9.53 Å². The summed E-state index contributed by atoms with van der Waals surface area (Å²) in [5.74, 6) is -0.743. The number of halogens is 1.